The van der Waals surface area contributed by atoms with Gasteiger partial charge in [0.25, 0.3) is 5.91 Å². The van der Waals surface area contributed by atoms with Crippen molar-refractivity contribution in [3.05, 3.63) is 48.0 Å². The molecular formula is C20H27N5O3. The monoisotopic (exact) mass is 385 g/mol. The average molecular weight is 385 g/mol. The van der Waals surface area contributed by atoms with E-state index in [9.17, 15) is 9.90 Å². The van der Waals surface area contributed by atoms with Crippen LogP contribution in [-0.4, -0.2) is 68.0 Å². The van der Waals surface area contributed by atoms with E-state index in [1.165, 1.54) is 0 Å². The molecule has 0 radical (unpaired) electrons. The summed E-state index contributed by atoms with van der Waals surface area (Å²) in [7, 11) is 0. The highest BCUT2D eigenvalue weighted by atomic mass is 16.5. The van der Waals surface area contributed by atoms with Gasteiger partial charge in [0.1, 0.15) is 6.10 Å². The quantitative estimate of drug-likeness (QED) is 0.729. The van der Waals surface area contributed by atoms with Gasteiger partial charge in [-0.3, -0.25) is 19.8 Å². The number of ether oxygens (including phenoxy) is 1. The molecule has 0 aromatic carbocycles. The first-order valence-electron chi connectivity index (χ1n) is 9.76. The number of piperidine rings is 1. The lowest BCUT2D eigenvalue weighted by atomic mass is 9.73. The second-order valence-corrected chi connectivity index (χ2v) is 8.03. The van der Waals surface area contributed by atoms with Crippen LogP contribution >= 0.6 is 0 Å². The molecule has 8 heteroatoms. The highest BCUT2D eigenvalue weighted by Gasteiger charge is 2.53. The van der Waals surface area contributed by atoms with E-state index in [2.05, 4.69) is 25.4 Å². The van der Waals surface area contributed by atoms with Gasteiger partial charge in [0.05, 0.1) is 11.1 Å². The highest BCUT2D eigenvalue weighted by Crippen LogP contribution is 2.40. The number of hydrogen-bond acceptors (Lipinski definition) is 6. The van der Waals surface area contributed by atoms with Crippen LogP contribution < -0.4 is 5.32 Å². The third-order valence-electron chi connectivity index (χ3n) is 6.11. The molecule has 0 bridgehead atoms. The molecule has 0 unspecified atom stereocenters. The van der Waals surface area contributed by atoms with Crippen molar-refractivity contribution in [2.45, 2.75) is 50.0 Å². The Labute approximate surface area is 164 Å². The molecule has 1 spiro atoms. The Morgan fingerprint density at radius 3 is 2.71 bits per heavy atom. The molecule has 2 aliphatic heterocycles. The minimum absolute atomic E-state index is 0.197. The lowest BCUT2D eigenvalue weighted by Gasteiger charge is -2.53. The van der Waals surface area contributed by atoms with Gasteiger partial charge in [0.2, 0.25) is 0 Å². The summed E-state index contributed by atoms with van der Waals surface area (Å²) >= 11 is 0. The standard InChI is InChI=1S/C20H27N5O3/c1-19(23-17(26)15-2-8-21-9-3-15)7-13-28-20(18(19)27)5-11-25(12-6-20)14-16-4-10-22-24-16/h2-4,8-10,18,27H,5-7,11-14H2,1H3,(H,22,24)(H,23,26)/t18-,19+/m0/s1. The van der Waals surface area contributed by atoms with Crippen molar-refractivity contribution >= 4 is 5.91 Å². The van der Waals surface area contributed by atoms with E-state index in [0.717, 1.165) is 38.2 Å². The smallest absolute Gasteiger partial charge is 0.251 e. The second-order valence-electron chi connectivity index (χ2n) is 8.03. The largest absolute Gasteiger partial charge is 0.388 e. The number of rotatable bonds is 4. The molecule has 2 fully saturated rings. The molecule has 8 nitrogen and oxygen atoms in total. The molecule has 4 heterocycles. The number of aliphatic hydroxyl groups is 1. The topological polar surface area (TPSA) is 103 Å². The van der Waals surface area contributed by atoms with Crippen LogP contribution in [-0.2, 0) is 11.3 Å². The van der Waals surface area contributed by atoms with Crippen molar-refractivity contribution in [3.8, 4) is 0 Å². The van der Waals surface area contributed by atoms with Crippen LogP contribution in [0.15, 0.2) is 36.8 Å². The van der Waals surface area contributed by atoms with Gasteiger partial charge in [-0.05, 0) is 44.4 Å². The molecule has 0 aliphatic carbocycles. The van der Waals surface area contributed by atoms with E-state index in [-0.39, 0.29) is 5.91 Å². The molecule has 2 saturated heterocycles. The normalized spacial score (nSPS) is 27.6. The first kappa shape index (κ1) is 19.0. The fraction of sp³-hybridized carbons (Fsp3) is 0.550. The van der Waals surface area contributed by atoms with Gasteiger partial charge < -0.3 is 15.2 Å². The average Bonchev–Trinajstić information content (AvgIpc) is 3.22. The number of amides is 1. The first-order valence-corrected chi connectivity index (χ1v) is 9.76. The number of aromatic nitrogens is 3. The van der Waals surface area contributed by atoms with Gasteiger partial charge in [-0.1, -0.05) is 0 Å². The van der Waals surface area contributed by atoms with Gasteiger partial charge in [0.15, 0.2) is 0 Å². The van der Waals surface area contributed by atoms with E-state index >= 15 is 0 Å². The van der Waals surface area contributed by atoms with Crippen LogP contribution in [0.25, 0.3) is 0 Å². The summed E-state index contributed by atoms with van der Waals surface area (Å²) in [5, 5.41) is 21.3. The minimum Gasteiger partial charge on any atom is -0.388 e. The first-order chi connectivity index (χ1) is 13.5. The van der Waals surface area contributed by atoms with Crippen LogP contribution in [0.3, 0.4) is 0 Å². The summed E-state index contributed by atoms with van der Waals surface area (Å²) < 4.78 is 6.13. The predicted octanol–water partition coefficient (Wildman–Crippen LogP) is 1.11. The number of likely N-dealkylation sites (tertiary alicyclic amines) is 1. The fourth-order valence-corrected chi connectivity index (χ4v) is 4.35. The Morgan fingerprint density at radius 2 is 2.04 bits per heavy atom. The SMILES string of the molecule is C[C@@]1(NC(=O)c2ccncc2)CCOC2(CCN(Cc3ccn[nH]3)CC2)[C@H]1O. The number of H-pyrrole nitrogens is 1. The molecule has 2 atom stereocenters. The molecule has 3 N–H and O–H groups in total. The molecule has 2 aromatic heterocycles. The molecular weight excluding hydrogens is 358 g/mol. The van der Waals surface area contributed by atoms with Crippen molar-refractivity contribution in [2.24, 2.45) is 0 Å². The molecule has 2 aromatic rings. The summed E-state index contributed by atoms with van der Waals surface area (Å²) in [6, 6.07) is 5.32. The molecule has 28 heavy (non-hydrogen) atoms. The number of nitrogens with zero attached hydrogens (tertiary/aromatic N) is 3. The van der Waals surface area contributed by atoms with E-state index in [4.69, 9.17) is 4.74 Å². The van der Waals surface area contributed by atoms with Crippen molar-refractivity contribution in [3.63, 3.8) is 0 Å². The van der Waals surface area contributed by atoms with Gasteiger partial charge in [-0.25, -0.2) is 0 Å². The minimum atomic E-state index is -0.770. The Kier molecular flexibility index (Phi) is 5.18. The maximum absolute atomic E-state index is 12.7. The van der Waals surface area contributed by atoms with Crippen LogP contribution in [0.5, 0.6) is 0 Å². The van der Waals surface area contributed by atoms with Crippen molar-refractivity contribution in [2.75, 3.05) is 19.7 Å². The van der Waals surface area contributed by atoms with Gasteiger partial charge >= 0.3 is 0 Å². The van der Waals surface area contributed by atoms with Crippen molar-refractivity contribution in [1.82, 2.24) is 25.4 Å². The second kappa shape index (κ2) is 7.62. The number of carbonyl (C=O) groups is 1. The van der Waals surface area contributed by atoms with Crippen LogP contribution in [0.4, 0.5) is 0 Å². The zero-order chi connectivity index (χ0) is 19.6. The fourth-order valence-electron chi connectivity index (χ4n) is 4.35. The third kappa shape index (κ3) is 3.67. The Hall–Kier alpha value is -2.29. The summed E-state index contributed by atoms with van der Waals surface area (Å²) in [4.78, 5) is 18.9. The molecule has 150 valence electrons. The summed E-state index contributed by atoms with van der Waals surface area (Å²) in [5.74, 6) is -0.197. The van der Waals surface area contributed by atoms with E-state index in [0.29, 0.717) is 18.6 Å². The number of aromatic amines is 1. The van der Waals surface area contributed by atoms with Gasteiger partial charge in [-0.15, -0.1) is 0 Å². The van der Waals surface area contributed by atoms with Gasteiger partial charge in [0, 0.05) is 56.1 Å². The zero-order valence-corrected chi connectivity index (χ0v) is 16.1. The zero-order valence-electron chi connectivity index (χ0n) is 16.1. The molecule has 1 amide bonds. The number of hydrogen-bond donors (Lipinski definition) is 3. The molecule has 0 saturated carbocycles. The number of pyridine rings is 1. The summed E-state index contributed by atoms with van der Waals surface area (Å²) in [6.07, 6.45) is 6.19. The highest BCUT2D eigenvalue weighted by molar-refractivity contribution is 5.94. The number of carbonyl (C=O) groups excluding carboxylic acids is 1. The molecule has 2 aliphatic rings. The van der Waals surface area contributed by atoms with Crippen molar-refractivity contribution in [1.29, 1.82) is 0 Å². The lowest BCUT2D eigenvalue weighted by molar-refractivity contribution is -0.206. The number of aliphatic hydroxyl groups excluding tert-OH is 1. The van der Waals surface area contributed by atoms with E-state index in [1.807, 2.05) is 13.0 Å². The maximum atomic E-state index is 12.7. The van der Waals surface area contributed by atoms with Crippen LogP contribution in [0.1, 0.15) is 42.2 Å². The summed E-state index contributed by atoms with van der Waals surface area (Å²) in [5.41, 5.74) is 0.265. The predicted molar refractivity (Wildman–Crippen MR) is 103 cm³/mol. The maximum Gasteiger partial charge on any atom is 0.251 e. The number of nitrogens with one attached hydrogen (secondary N) is 2. The van der Waals surface area contributed by atoms with Crippen LogP contribution in [0, 0.1) is 0 Å². The Morgan fingerprint density at radius 1 is 1.29 bits per heavy atom. The Balaban J connectivity index is 1.42. The van der Waals surface area contributed by atoms with Crippen molar-refractivity contribution < 1.29 is 14.6 Å². The Bertz CT molecular complexity index is 789. The van der Waals surface area contributed by atoms with Crippen LogP contribution in [0.2, 0.25) is 0 Å². The van der Waals surface area contributed by atoms with E-state index < -0.39 is 17.2 Å². The van der Waals surface area contributed by atoms with Gasteiger partial charge in [-0.2, -0.15) is 5.10 Å². The van der Waals surface area contributed by atoms with E-state index in [1.54, 1.807) is 30.7 Å². The lowest BCUT2D eigenvalue weighted by Crippen LogP contribution is -2.69. The molecule has 4 rings (SSSR count). The summed E-state index contributed by atoms with van der Waals surface area (Å²) in [6.45, 7) is 4.89. The third-order valence-corrected chi connectivity index (χ3v) is 6.11.